The third-order valence-corrected chi connectivity index (χ3v) is 3.08. The van der Waals surface area contributed by atoms with Crippen LogP contribution in [0.4, 0.5) is 0 Å². The Labute approximate surface area is 123 Å². The predicted molar refractivity (Wildman–Crippen MR) is 66.2 cm³/mol. The van der Waals surface area contributed by atoms with Gasteiger partial charge in [0.1, 0.15) is 18.3 Å². The van der Waals surface area contributed by atoms with Crippen molar-refractivity contribution in [1.29, 1.82) is 0 Å². The second kappa shape index (κ2) is 7.79. The van der Waals surface area contributed by atoms with Gasteiger partial charge in [-0.3, -0.25) is 4.55 Å². The SMILES string of the molecule is O=S(=O)=C(O)[C@@]1(O)OC[C@@H](O)[C@@H](O)[C@@H]1O.[N-]=[N+]=NS(=O)(=O)O. The maximum Gasteiger partial charge on any atom is 0.356 e. The third-order valence-electron chi connectivity index (χ3n) is 2.20. The van der Waals surface area contributed by atoms with E-state index >= 15 is 0 Å². The largest absolute Gasteiger partial charge is 0.388 e. The quantitative estimate of drug-likeness (QED) is 0.0918. The number of ether oxygens (including phenoxy) is 1. The predicted octanol–water partition coefficient (Wildman–Crippen LogP) is -3.55. The zero-order valence-electron chi connectivity index (χ0n) is 10.3. The van der Waals surface area contributed by atoms with Gasteiger partial charge in [0.05, 0.1) is 11.1 Å². The van der Waals surface area contributed by atoms with Crippen molar-refractivity contribution >= 4 is 25.6 Å². The second-order valence-corrected chi connectivity index (χ2v) is 5.58. The number of hydrogen-bond donors (Lipinski definition) is 6. The molecule has 1 saturated heterocycles. The van der Waals surface area contributed by atoms with Gasteiger partial charge in [-0.15, -0.1) is 0 Å². The summed E-state index contributed by atoms with van der Waals surface area (Å²) in [5, 5.41) is 44.3. The molecule has 128 valence electrons. The smallest absolute Gasteiger partial charge is 0.356 e. The van der Waals surface area contributed by atoms with Gasteiger partial charge in [0.15, 0.2) is 0 Å². The van der Waals surface area contributed by atoms with Crippen LogP contribution in [-0.4, -0.2) is 82.7 Å². The van der Waals surface area contributed by atoms with E-state index in [9.17, 15) is 27.0 Å². The van der Waals surface area contributed by atoms with E-state index in [2.05, 4.69) is 4.74 Å². The van der Waals surface area contributed by atoms with Crippen molar-refractivity contribution in [3.8, 4) is 0 Å². The Morgan fingerprint density at radius 1 is 1.36 bits per heavy atom. The normalized spacial score (nSPS) is 31.3. The van der Waals surface area contributed by atoms with Gasteiger partial charge in [0, 0.05) is 4.91 Å². The fourth-order valence-electron chi connectivity index (χ4n) is 1.19. The standard InChI is InChI=1S/C6H10O8S.HN3O3S/c7-2-1-14-6(11,4(9)3(2)8)5(10)15(12)13;1-2-3-7(4,5)6/h2-4,7-11H,1H2;(H,4,5,6)/t2-,3-,4+,6+;/m1./s1. The van der Waals surface area contributed by atoms with Crippen molar-refractivity contribution < 1.29 is 51.7 Å². The van der Waals surface area contributed by atoms with E-state index in [0.717, 1.165) is 0 Å². The number of rotatable bonds is 2. The molecule has 0 bridgehead atoms. The summed E-state index contributed by atoms with van der Waals surface area (Å²) >= 11 is 0. The molecule has 0 saturated carbocycles. The van der Waals surface area contributed by atoms with E-state index in [-0.39, 0.29) is 0 Å². The average Bonchev–Trinajstić information content (AvgIpc) is 2.39. The van der Waals surface area contributed by atoms with Crippen LogP contribution in [0.3, 0.4) is 0 Å². The number of aliphatic hydroxyl groups is 5. The molecule has 1 aliphatic rings. The zero-order chi connectivity index (χ0) is 17.7. The van der Waals surface area contributed by atoms with Gasteiger partial charge in [-0.2, -0.15) is 16.8 Å². The molecule has 6 N–H and O–H groups in total. The van der Waals surface area contributed by atoms with E-state index < -0.39 is 56.4 Å². The van der Waals surface area contributed by atoms with Gasteiger partial charge < -0.3 is 30.3 Å². The average molecular weight is 365 g/mol. The number of aliphatic hydroxyl groups excluding tert-OH is 4. The van der Waals surface area contributed by atoms with E-state index in [0.29, 0.717) is 0 Å². The van der Waals surface area contributed by atoms with Crippen LogP contribution in [0.1, 0.15) is 0 Å². The molecule has 0 spiro atoms. The van der Waals surface area contributed by atoms with Gasteiger partial charge in [-0.25, -0.2) is 0 Å². The highest BCUT2D eigenvalue weighted by Gasteiger charge is 2.52. The van der Waals surface area contributed by atoms with Crippen LogP contribution < -0.4 is 0 Å². The third kappa shape index (κ3) is 5.46. The minimum Gasteiger partial charge on any atom is -0.388 e. The molecule has 0 aromatic carbocycles. The Kier molecular flexibility index (Phi) is 7.32. The summed E-state index contributed by atoms with van der Waals surface area (Å²) in [6, 6.07) is 0. The first-order valence-corrected chi connectivity index (χ1v) is 7.44. The van der Waals surface area contributed by atoms with Gasteiger partial charge >= 0.3 is 10.3 Å². The highest BCUT2D eigenvalue weighted by molar-refractivity contribution is 7.84. The molecule has 0 amide bonds. The van der Waals surface area contributed by atoms with Crippen molar-refractivity contribution in [2.75, 3.05) is 6.61 Å². The molecule has 1 aliphatic heterocycles. The molecule has 0 aromatic heterocycles. The van der Waals surface area contributed by atoms with Crippen LogP contribution in [0, 0.1) is 0 Å². The Morgan fingerprint density at radius 2 is 1.86 bits per heavy atom. The molecule has 1 rings (SSSR count). The summed E-state index contributed by atoms with van der Waals surface area (Å²) in [7, 11) is -7.67. The van der Waals surface area contributed by atoms with Crippen LogP contribution in [0.2, 0.25) is 0 Å². The monoisotopic (exact) mass is 365 g/mol. The first kappa shape index (κ1) is 20.7. The lowest BCUT2D eigenvalue weighted by Gasteiger charge is -2.39. The minimum atomic E-state index is -4.47. The van der Waals surface area contributed by atoms with Crippen molar-refractivity contribution in [2.24, 2.45) is 4.52 Å². The maximum absolute atomic E-state index is 10.4. The van der Waals surface area contributed by atoms with Crippen LogP contribution in [0.15, 0.2) is 4.52 Å². The van der Waals surface area contributed by atoms with E-state index in [1.165, 1.54) is 0 Å². The van der Waals surface area contributed by atoms with E-state index in [1.807, 2.05) is 4.52 Å². The number of nitrogens with zero attached hydrogens (tertiary/aromatic N) is 3. The van der Waals surface area contributed by atoms with Crippen LogP contribution in [0.25, 0.3) is 10.4 Å². The fourth-order valence-corrected chi connectivity index (χ4v) is 1.70. The topological polar surface area (TPSA) is 248 Å². The number of azide groups is 1. The highest BCUT2D eigenvalue weighted by Crippen LogP contribution is 2.24. The molecule has 0 aromatic rings. The van der Waals surface area contributed by atoms with Crippen molar-refractivity contribution in [3.63, 3.8) is 0 Å². The van der Waals surface area contributed by atoms with Gasteiger partial charge in [0.25, 0.3) is 5.79 Å². The molecule has 16 heteroatoms. The minimum absolute atomic E-state index is 0.629. The summed E-state index contributed by atoms with van der Waals surface area (Å²) in [5.74, 6) is -2.93. The summed E-state index contributed by atoms with van der Waals surface area (Å²) < 4.78 is 53.4. The summed E-state index contributed by atoms with van der Waals surface area (Å²) in [6.07, 6.45) is -5.47. The summed E-state index contributed by atoms with van der Waals surface area (Å²) in [6.45, 7) is -0.629. The molecule has 0 radical (unpaired) electrons. The molecule has 22 heavy (non-hydrogen) atoms. The molecular weight excluding hydrogens is 354 g/mol. The Balaban J connectivity index is 0.000000534. The maximum atomic E-state index is 10.4. The summed E-state index contributed by atoms with van der Waals surface area (Å²) in [5.41, 5.74) is 7.32. The van der Waals surface area contributed by atoms with Gasteiger partial charge in [-0.1, -0.05) is 0 Å². The zero-order valence-corrected chi connectivity index (χ0v) is 12.0. The Bertz CT molecular complexity index is 673. The lowest BCUT2D eigenvalue weighted by atomic mass is 9.97. The van der Waals surface area contributed by atoms with Crippen LogP contribution in [0.5, 0.6) is 0 Å². The summed E-state index contributed by atoms with van der Waals surface area (Å²) in [4.78, 5) is 1.79. The van der Waals surface area contributed by atoms with Gasteiger partial charge in [-0.05, 0) is 5.53 Å². The molecule has 0 unspecified atom stereocenters. The Morgan fingerprint density at radius 3 is 2.18 bits per heavy atom. The van der Waals surface area contributed by atoms with Crippen molar-refractivity contribution in [2.45, 2.75) is 24.1 Å². The molecule has 1 fully saturated rings. The van der Waals surface area contributed by atoms with Crippen LogP contribution in [-0.2, 0) is 25.3 Å². The molecule has 1 heterocycles. The van der Waals surface area contributed by atoms with Crippen molar-refractivity contribution in [1.82, 2.24) is 0 Å². The lowest BCUT2D eigenvalue weighted by Crippen LogP contribution is -2.64. The van der Waals surface area contributed by atoms with E-state index in [4.69, 9.17) is 25.4 Å². The lowest BCUT2D eigenvalue weighted by molar-refractivity contribution is -0.289. The first-order valence-electron chi connectivity index (χ1n) is 4.96. The molecule has 14 nitrogen and oxygen atoms in total. The van der Waals surface area contributed by atoms with Gasteiger partial charge in [0.2, 0.25) is 15.3 Å². The molecule has 0 aliphatic carbocycles. The first-order chi connectivity index (χ1) is 9.86. The fraction of sp³-hybridized carbons (Fsp3) is 0.833. The second-order valence-electron chi connectivity index (χ2n) is 3.67. The Hall–Kier alpha value is -1.33. The molecular formula is C6H11N3O11S2. The van der Waals surface area contributed by atoms with Crippen LogP contribution >= 0.6 is 0 Å². The molecule has 4 atom stereocenters. The highest BCUT2D eigenvalue weighted by atomic mass is 32.2. The number of hydrogen-bond acceptors (Lipinski definition) is 9. The van der Waals surface area contributed by atoms with E-state index in [1.54, 1.807) is 4.91 Å². The van der Waals surface area contributed by atoms with Crippen molar-refractivity contribution in [3.05, 3.63) is 10.4 Å².